The number of benzene rings is 2. The maximum absolute atomic E-state index is 12.4. The maximum Gasteiger partial charge on any atom is 0.238 e. The predicted octanol–water partition coefficient (Wildman–Crippen LogP) is 3.86. The first-order chi connectivity index (χ1) is 12.9. The van der Waals surface area contributed by atoms with Gasteiger partial charge in [0.25, 0.3) is 0 Å². The Labute approximate surface area is 163 Å². The van der Waals surface area contributed by atoms with Gasteiger partial charge in [-0.25, -0.2) is 9.67 Å². The number of aryl methyl sites for hydroxylation is 1. The Morgan fingerprint density at radius 3 is 2.63 bits per heavy atom. The van der Waals surface area contributed by atoms with Crippen LogP contribution in [0.5, 0.6) is 0 Å². The molecule has 1 atom stereocenters. The first kappa shape index (κ1) is 19.1. The molecule has 6 nitrogen and oxygen atoms in total. The first-order valence-electron chi connectivity index (χ1n) is 8.65. The molecular weight excluding hydrogens is 362 g/mol. The number of halogens is 1. The van der Waals surface area contributed by atoms with Crippen LogP contribution in [0.4, 0.5) is 5.69 Å². The molecule has 1 amide bonds. The van der Waals surface area contributed by atoms with Crippen molar-refractivity contribution in [2.45, 2.75) is 19.9 Å². The van der Waals surface area contributed by atoms with E-state index in [-0.39, 0.29) is 18.5 Å². The van der Waals surface area contributed by atoms with Gasteiger partial charge in [0.2, 0.25) is 5.91 Å². The number of amides is 1. The monoisotopic (exact) mass is 383 g/mol. The van der Waals surface area contributed by atoms with E-state index in [0.29, 0.717) is 5.02 Å². The zero-order chi connectivity index (χ0) is 19.4. The van der Waals surface area contributed by atoms with Crippen molar-refractivity contribution in [3.05, 3.63) is 71.3 Å². The number of likely N-dealkylation sites (N-methyl/N-ethyl adjacent to an activating group) is 1. The van der Waals surface area contributed by atoms with Crippen LogP contribution in [0.25, 0.3) is 5.69 Å². The summed E-state index contributed by atoms with van der Waals surface area (Å²) >= 11 is 5.96. The molecule has 7 heteroatoms. The second kappa shape index (κ2) is 8.33. The van der Waals surface area contributed by atoms with E-state index < -0.39 is 0 Å². The molecule has 0 aliphatic heterocycles. The van der Waals surface area contributed by atoms with Gasteiger partial charge in [-0.15, -0.1) is 0 Å². The molecule has 0 saturated carbocycles. The van der Waals surface area contributed by atoms with Gasteiger partial charge < -0.3 is 5.32 Å². The Kier molecular flexibility index (Phi) is 5.88. The molecule has 0 saturated heterocycles. The van der Waals surface area contributed by atoms with Crippen LogP contribution in [0.3, 0.4) is 0 Å². The summed E-state index contributed by atoms with van der Waals surface area (Å²) in [6.45, 7) is 4.28. The van der Waals surface area contributed by atoms with E-state index in [1.54, 1.807) is 17.1 Å². The summed E-state index contributed by atoms with van der Waals surface area (Å²) in [6.07, 6.45) is 3.17. The van der Waals surface area contributed by atoms with E-state index in [4.69, 9.17) is 11.6 Å². The van der Waals surface area contributed by atoms with Crippen LogP contribution in [0.15, 0.2) is 55.1 Å². The third-order valence-corrected chi connectivity index (χ3v) is 4.81. The lowest BCUT2D eigenvalue weighted by Gasteiger charge is -2.25. The highest BCUT2D eigenvalue weighted by Gasteiger charge is 2.16. The molecule has 0 fully saturated rings. The van der Waals surface area contributed by atoms with Crippen LogP contribution in [-0.2, 0) is 4.79 Å². The van der Waals surface area contributed by atoms with Crippen molar-refractivity contribution in [1.29, 1.82) is 0 Å². The molecule has 0 aliphatic rings. The van der Waals surface area contributed by atoms with Gasteiger partial charge in [-0.3, -0.25) is 9.69 Å². The number of carbonyl (C=O) groups is 1. The van der Waals surface area contributed by atoms with Crippen LogP contribution in [0.2, 0.25) is 5.02 Å². The summed E-state index contributed by atoms with van der Waals surface area (Å²) in [4.78, 5) is 18.4. The minimum absolute atomic E-state index is 0.0611. The highest BCUT2D eigenvalue weighted by molar-refractivity contribution is 6.30. The number of carbonyl (C=O) groups excluding carboxylic acids is 1. The fourth-order valence-electron chi connectivity index (χ4n) is 2.82. The molecule has 1 N–H and O–H groups in total. The molecule has 0 spiro atoms. The van der Waals surface area contributed by atoms with Crippen molar-refractivity contribution in [1.82, 2.24) is 19.7 Å². The van der Waals surface area contributed by atoms with E-state index in [1.165, 1.54) is 6.33 Å². The van der Waals surface area contributed by atoms with Gasteiger partial charge in [0.1, 0.15) is 12.7 Å². The van der Waals surface area contributed by atoms with Crippen LogP contribution in [-0.4, -0.2) is 39.2 Å². The van der Waals surface area contributed by atoms with Gasteiger partial charge >= 0.3 is 0 Å². The summed E-state index contributed by atoms with van der Waals surface area (Å²) in [7, 11) is 1.93. The molecule has 1 unspecified atom stereocenters. The number of rotatable bonds is 6. The molecule has 2 aromatic carbocycles. The summed E-state index contributed by atoms with van der Waals surface area (Å²) in [6, 6.07) is 13.6. The SMILES string of the molecule is Cc1cc(Cl)ccc1NC(=O)CN(C)C(C)c1ccc(-n2cncn2)cc1. The second-order valence-electron chi connectivity index (χ2n) is 6.53. The van der Waals surface area contributed by atoms with Crippen molar-refractivity contribution in [3.8, 4) is 5.69 Å². The summed E-state index contributed by atoms with van der Waals surface area (Å²) in [5.74, 6) is -0.0611. The average Bonchev–Trinajstić information content (AvgIpc) is 3.18. The number of hydrogen-bond acceptors (Lipinski definition) is 4. The lowest BCUT2D eigenvalue weighted by molar-refractivity contribution is -0.117. The fraction of sp³-hybridized carbons (Fsp3) is 0.250. The quantitative estimate of drug-likeness (QED) is 0.702. The molecule has 0 bridgehead atoms. The smallest absolute Gasteiger partial charge is 0.238 e. The van der Waals surface area contributed by atoms with Crippen LogP contribution in [0.1, 0.15) is 24.1 Å². The molecule has 27 heavy (non-hydrogen) atoms. The van der Waals surface area contributed by atoms with Crippen molar-refractivity contribution in [2.24, 2.45) is 0 Å². The minimum atomic E-state index is -0.0611. The first-order valence-corrected chi connectivity index (χ1v) is 9.03. The van der Waals surface area contributed by atoms with Crippen molar-refractivity contribution >= 4 is 23.2 Å². The lowest BCUT2D eigenvalue weighted by atomic mass is 10.1. The molecule has 0 aliphatic carbocycles. The van der Waals surface area contributed by atoms with Gasteiger partial charge in [-0.05, 0) is 62.4 Å². The van der Waals surface area contributed by atoms with Crippen molar-refractivity contribution in [2.75, 3.05) is 18.9 Å². The Bertz CT molecular complexity index is 909. The highest BCUT2D eigenvalue weighted by Crippen LogP contribution is 2.22. The minimum Gasteiger partial charge on any atom is -0.325 e. The zero-order valence-electron chi connectivity index (χ0n) is 15.6. The highest BCUT2D eigenvalue weighted by atomic mass is 35.5. The van der Waals surface area contributed by atoms with E-state index in [0.717, 1.165) is 22.5 Å². The van der Waals surface area contributed by atoms with E-state index in [2.05, 4.69) is 22.3 Å². The van der Waals surface area contributed by atoms with Gasteiger partial charge in [0, 0.05) is 16.8 Å². The second-order valence-corrected chi connectivity index (χ2v) is 6.97. The fourth-order valence-corrected chi connectivity index (χ4v) is 3.05. The number of nitrogens with zero attached hydrogens (tertiary/aromatic N) is 4. The average molecular weight is 384 g/mol. The van der Waals surface area contributed by atoms with Crippen LogP contribution in [0, 0.1) is 6.92 Å². The Morgan fingerprint density at radius 2 is 2.00 bits per heavy atom. The lowest BCUT2D eigenvalue weighted by Crippen LogP contribution is -2.32. The third-order valence-electron chi connectivity index (χ3n) is 4.58. The van der Waals surface area contributed by atoms with Gasteiger partial charge in [0.05, 0.1) is 12.2 Å². The van der Waals surface area contributed by atoms with E-state index in [1.807, 2.05) is 55.3 Å². The largest absolute Gasteiger partial charge is 0.325 e. The predicted molar refractivity (Wildman–Crippen MR) is 107 cm³/mol. The molecule has 0 radical (unpaired) electrons. The molecular formula is C20H22ClN5O. The molecule has 140 valence electrons. The summed E-state index contributed by atoms with van der Waals surface area (Å²) < 4.78 is 1.71. The van der Waals surface area contributed by atoms with Gasteiger partial charge in [-0.1, -0.05) is 23.7 Å². The number of nitrogens with one attached hydrogen (secondary N) is 1. The van der Waals surface area contributed by atoms with Crippen molar-refractivity contribution < 1.29 is 4.79 Å². The maximum atomic E-state index is 12.4. The number of anilines is 1. The Balaban J connectivity index is 1.61. The molecule has 3 aromatic rings. The standard InChI is InChI=1S/C20H22ClN5O/c1-14-10-17(21)6-9-19(14)24-20(27)11-25(3)15(2)16-4-7-18(8-5-16)26-13-22-12-23-26/h4-10,12-13,15H,11H2,1-3H3,(H,24,27). The topological polar surface area (TPSA) is 63.1 Å². The zero-order valence-corrected chi connectivity index (χ0v) is 16.3. The van der Waals surface area contributed by atoms with E-state index >= 15 is 0 Å². The molecule has 3 rings (SSSR count). The molecule has 1 aromatic heterocycles. The van der Waals surface area contributed by atoms with Crippen LogP contribution >= 0.6 is 11.6 Å². The summed E-state index contributed by atoms with van der Waals surface area (Å²) in [5, 5.41) is 7.72. The third kappa shape index (κ3) is 4.72. The van der Waals surface area contributed by atoms with Crippen molar-refractivity contribution in [3.63, 3.8) is 0 Å². The number of hydrogen-bond donors (Lipinski definition) is 1. The van der Waals surface area contributed by atoms with Gasteiger partial charge in [-0.2, -0.15) is 5.10 Å². The Morgan fingerprint density at radius 1 is 1.26 bits per heavy atom. The van der Waals surface area contributed by atoms with E-state index in [9.17, 15) is 4.79 Å². The number of aromatic nitrogens is 3. The van der Waals surface area contributed by atoms with Gasteiger partial charge in [0.15, 0.2) is 0 Å². The Hall–Kier alpha value is -2.70. The normalized spacial score (nSPS) is 12.2. The summed E-state index contributed by atoms with van der Waals surface area (Å²) in [5.41, 5.74) is 3.79. The van der Waals surface area contributed by atoms with Crippen LogP contribution < -0.4 is 5.32 Å². The molecule has 1 heterocycles.